The van der Waals surface area contributed by atoms with Gasteiger partial charge in [0.1, 0.15) is 6.29 Å². The van der Waals surface area contributed by atoms with Crippen LogP contribution in [0.3, 0.4) is 0 Å². The smallest absolute Gasteiger partial charge is 0.167 e. The maximum absolute atomic E-state index is 14.6. The predicted molar refractivity (Wildman–Crippen MR) is 97.5 cm³/mol. The topological polar surface area (TPSA) is 20.3 Å². The summed E-state index contributed by atoms with van der Waals surface area (Å²) in [6, 6.07) is 7.06. The number of carbonyl (C=O) groups excluding carboxylic acids is 1. The molecule has 0 aromatic heterocycles. The summed E-state index contributed by atoms with van der Waals surface area (Å²) in [6.07, 6.45) is 4.06. The SMILES string of the molecule is C=C(C)c1c(/C=C/C)c(F)c(F)c2c1CN(c1ccc(C=O)cc1)C2. The Labute approximate surface area is 146 Å². The molecular weight excluding hydrogens is 320 g/mol. The molecule has 0 saturated carbocycles. The van der Waals surface area contributed by atoms with Gasteiger partial charge < -0.3 is 4.90 Å². The van der Waals surface area contributed by atoms with E-state index in [1.807, 2.05) is 24.0 Å². The molecule has 25 heavy (non-hydrogen) atoms. The third kappa shape index (κ3) is 2.88. The van der Waals surface area contributed by atoms with E-state index in [1.54, 1.807) is 31.2 Å². The molecule has 2 nitrogen and oxygen atoms in total. The molecule has 1 heterocycles. The van der Waals surface area contributed by atoms with Crippen LogP contribution in [0.1, 0.15) is 46.5 Å². The number of aldehydes is 1. The quantitative estimate of drug-likeness (QED) is 0.699. The number of hydrogen-bond donors (Lipinski definition) is 0. The van der Waals surface area contributed by atoms with Gasteiger partial charge >= 0.3 is 0 Å². The minimum atomic E-state index is -0.826. The van der Waals surface area contributed by atoms with E-state index in [-0.39, 0.29) is 12.1 Å². The van der Waals surface area contributed by atoms with E-state index in [1.165, 1.54) is 0 Å². The summed E-state index contributed by atoms with van der Waals surface area (Å²) in [4.78, 5) is 12.8. The molecule has 1 aliphatic rings. The van der Waals surface area contributed by atoms with Crippen LogP contribution in [0, 0.1) is 11.6 Å². The molecule has 0 amide bonds. The van der Waals surface area contributed by atoms with Crippen LogP contribution in [0.15, 0.2) is 36.9 Å². The van der Waals surface area contributed by atoms with Crippen LogP contribution in [0.4, 0.5) is 14.5 Å². The molecule has 0 fully saturated rings. The van der Waals surface area contributed by atoms with Gasteiger partial charge in [0.2, 0.25) is 0 Å². The number of benzene rings is 2. The summed E-state index contributed by atoms with van der Waals surface area (Å²) < 4.78 is 29.2. The molecule has 0 saturated heterocycles. The highest BCUT2D eigenvalue weighted by atomic mass is 19.2. The van der Waals surface area contributed by atoms with E-state index in [4.69, 9.17) is 0 Å². The number of fused-ring (bicyclic) bond motifs is 1. The lowest BCUT2D eigenvalue weighted by molar-refractivity contribution is 0.112. The summed E-state index contributed by atoms with van der Waals surface area (Å²) in [5, 5.41) is 0. The van der Waals surface area contributed by atoms with Crippen molar-refractivity contribution < 1.29 is 13.6 Å². The number of hydrogen-bond acceptors (Lipinski definition) is 2. The van der Waals surface area contributed by atoms with Crippen molar-refractivity contribution in [1.82, 2.24) is 0 Å². The third-order valence-corrected chi connectivity index (χ3v) is 4.48. The Balaban J connectivity index is 2.10. The Morgan fingerprint density at radius 2 is 1.76 bits per heavy atom. The van der Waals surface area contributed by atoms with Crippen LogP contribution in [-0.4, -0.2) is 6.29 Å². The van der Waals surface area contributed by atoms with Crippen LogP contribution in [-0.2, 0) is 13.1 Å². The Morgan fingerprint density at radius 1 is 1.12 bits per heavy atom. The van der Waals surface area contributed by atoms with Gasteiger partial charge in [0, 0.05) is 35.5 Å². The van der Waals surface area contributed by atoms with Gasteiger partial charge in [-0.15, -0.1) is 0 Å². The molecule has 0 radical (unpaired) electrons. The highest BCUT2D eigenvalue weighted by Crippen LogP contribution is 2.38. The first-order valence-electron chi connectivity index (χ1n) is 8.09. The number of allylic oxidation sites excluding steroid dienone is 2. The fraction of sp³-hybridized carbons (Fsp3) is 0.190. The summed E-state index contributed by atoms with van der Waals surface area (Å²) >= 11 is 0. The average molecular weight is 339 g/mol. The Hall–Kier alpha value is -2.75. The number of nitrogens with zero attached hydrogens (tertiary/aromatic N) is 1. The highest BCUT2D eigenvalue weighted by molar-refractivity contribution is 5.78. The van der Waals surface area contributed by atoms with Crippen molar-refractivity contribution >= 4 is 23.6 Å². The molecule has 0 aliphatic carbocycles. The van der Waals surface area contributed by atoms with Gasteiger partial charge in [-0.25, -0.2) is 8.78 Å². The summed E-state index contributed by atoms with van der Waals surface area (Å²) in [6.45, 7) is 8.29. The van der Waals surface area contributed by atoms with Crippen LogP contribution < -0.4 is 4.90 Å². The normalized spacial score (nSPS) is 13.4. The van der Waals surface area contributed by atoms with Crippen LogP contribution in [0.25, 0.3) is 11.6 Å². The summed E-state index contributed by atoms with van der Waals surface area (Å²) in [5.74, 6) is -1.62. The lowest BCUT2D eigenvalue weighted by Gasteiger charge is -2.18. The second-order valence-corrected chi connectivity index (χ2v) is 6.22. The maximum Gasteiger partial charge on any atom is 0.167 e. The van der Waals surface area contributed by atoms with Gasteiger partial charge in [-0.2, -0.15) is 0 Å². The van der Waals surface area contributed by atoms with Crippen molar-refractivity contribution in [3.63, 3.8) is 0 Å². The zero-order valence-corrected chi connectivity index (χ0v) is 14.3. The van der Waals surface area contributed by atoms with Crippen molar-refractivity contribution in [2.45, 2.75) is 26.9 Å². The number of anilines is 1. The number of halogens is 2. The van der Waals surface area contributed by atoms with Gasteiger partial charge in [-0.3, -0.25) is 4.79 Å². The van der Waals surface area contributed by atoms with Crippen molar-refractivity contribution in [2.24, 2.45) is 0 Å². The van der Waals surface area contributed by atoms with Gasteiger partial charge in [-0.1, -0.05) is 24.3 Å². The minimum absolute atomic E-state index is 0.254. The van der Waals surface area contributed by atoms with Crippen LogP contribution in [0.2, 0.25) is 0 Å². The third-order valence-electron chi connectivity index (χ3n) is 4.48. The zero-order chi connectivity index (χ0) is 18.1. The van der Waals surface area contributed by atoms with E-state index in [0.717, 1.165) is 17.5 Å². The van der Waals surface area contributed by atoms with Crippen LogP contribution in [0.5, 0.6) is 0 Å². The van der Waals surface area contributed by atoms with Gasteiger partial charge in [0.15, 0.2) is 11.6 Å². The van der Waals surface area contributed by atoms with Crippen LogP contribution >= 0.6 is 0 Å². The second-order valence-electron chi connectivity index (χ2n) is 6.22. The molecule has 2 aromatic carbocycles. The Kier molecular flexibility index (Phi) is 4.53. The first-order valence-corrected chi connectivity index (χ1v) is 8.09. The molecular formula is C21H19F2NO. The highest BCUT2D eigenvalue weighted by Gasteiger charge is 2.30. The summed E-state index contributed by atoms with van der Waals surface area (Å²) in [5.41, 5.74) is 4.24. The first-order chi connectivity index (χ1) is 12.0. The lowest BCUT2D eigenvalue weighted by Crippen LogP contribution is -2.14. The van der Waals surface area contributed by atoms with E-state index in [0.29, 0.717) is 28.8 Å². The van der Waals surface area contributed by atoms with Crippen molar-refractivity contribution in [3.05, 3.63) is 76.4 Å². The van der Waals surface area contributed by atoms with Crippen molar-refractivity contribution in [1.29, 1.82) is 0 Å². The first kappa shape index (κ1) is 17.1. The molecule has 128 valence electrons. The molecule has 0 N–H and O–H groups in total. The van der Waals surface area contributed by atoms with Gasteiger partial charge in [0.25, 0.3) is 0 Å². The number of rotatable bonds is 4. The molecule has 4 heteroatoms. The molecule has 0 unspecified atom stereocenters. The predicted octanol–water partition coefficient (Wildman–Crippen LogP) is 5.36. The fourth-order valence-electron chi connectivity index (χ4n) is 3.34. The van der Waals surface area contributed by atoms with E-state index in [2.05, 4.69) is 6.58 Å². The minimum Gasteiger partial charge on any atom is -0.363 e. The van der Waals surface area contributed by atoms with Crippen molar-refractivity contribution in [3.8, 4) is 0 Å². The molecule has 3 rings (SSSR count). The Morgan fingerprint density at radius 3 is 2.32 bits per heavy atom. The molecule has 0 atom stereocenters. The maximum atomic E-state index is 14.6. The molecule has 1 aliphatic heterocycles. The standard InChI is InChI=1S/C21H19F2NO/c1-4-5-16-19(13(2)3)17-10-24(11-18(17)21(23)20(16)22)15-8-6-14(12-25)7-9-15/h4-9,12H,2,10-11H2,1,3H3/b5-4+. The molecule has 2 aromatic rings. The van der Waals surface area contributed by atoms with E-state index < -0.39 is 11.6 Å². The monoisotopic (exact) mass is 339 g/mol. The molecule has 0 bridgehead atoms. The van der Waals surface area contributed by atoms with E-state index in [9.17, 15) is 13.6 Å². The lowest BCUT2D eigenvalue weighted by atomic mass is 9.92. The largest absolute Gasteiger partial charge is 0.363 e. The van der Waals surface area contributed by atoms with E-state index >= 15 is 0 Å². The Bertz CT molecular complexity index is 882. The summed E-state index contributed by atoms with van der Waals surface area (Å²) in [7, 11) is 0. The van der Waals surface area contributed by atoms with Gasteiger partial charge in [0.05, 0.1) is 0 Å². The fourth-order valence-corrected chi connectivity index (χ4v) is 3.34. The zero-order valence-electron chi connectivity index (χ0n) is 14.3. The second kappa shape index (κ2) is 6.63. The molecule has 0 spiro atoms. The van der Waals surface area contributed by atoms with Gasteiger partial charge in [-0.05, 0) is 49.2 Å². The number of carbonyl (C=O) groups is 1. The average Bonchev–Trinajstić information content (AvgIpc) is 3.04. The van der Waals surface area contributed by atoms with Crippen molar-refractivity contribution in [2.75, 3.05) is 4.90 Å².